The molecule has 0 aliphatic carbocycles. The summed E-state index contributed by atoms with van der Waals surface area (Å²) in [6.07, 6.45) is 7.39. The minimum atomic E-state index is -0.577. The zero-order chi connectivity index (χ0) is 13.6. The molecule has 100 valence electrons. The van der Waals surface area contributed by atoms with Gasteiger partial charge >= 0.3 is 0 Å². The van der Waals surface area contributed by atoms with Gasteiger partial charge in [0.05, 0.1) is 0 Å². The molecule has 2 atom stereocenters. The van der Waals surface area contributed by atoms with Gasteiger partial charge in [-0.2, -0.15) is 0 Å². The lowest BCUT2D eigenvalue weighted by molar-refractivity contribution is 0.221. The highest BCUT2D eigenvalue weighted by atomic mass is 16.3. The van der Waals surface area contributed by atoms with Gasteiger partial charge in [-0.05, 0) is 12.8 Å². The van der Waals surface area contributed by atoms with E-state index >= 15 is 0 Å². The number of hydrogen-bond donors (Lipinski definition) is 2. The molecule has 0 saturated heterocycles. The Balaban J connectivity index is 3.74. The molecule has 0 saturated carbocycles. The number of allylic oxidation sites excluding steroid dienone is 1. The molecule has 0 fully saturated rings. The van der Waals surface area contributed by atoms with Gasteiger partial charge in [0.15, 0.2) is 0 Å². The van der Waals surface area contributed by atoms with E-state index in [-0.39, 0.29) is 0 Å². The molecule has 0 aliphatic rings. The van der Waals surface area contributed by atoms with E-state index in [4.69, 9.17) is 0 Å². The Kier molecular flexibility index (Phi) is 11.4. The van der Waals surface area contributed by atoms with Crippen molar-refractivity contribution in [1.29, 1.82) is 0 Å². The van der Waals surface area contributed by atoms with Crippen LogP contribution in [0, 0.1) is 23.7 Å². The van der Waals surface area contributed by atoms with Gasteiger partial charge in [-0.25, -0.2) is 0 Å². The van der Waals surface area contributed by atoms with Crippen molar-refractivity contribution in [2.24, 2.45) is 0 Å². The van der Waals surface area contributed by atoms with Gasteiger partial charge in [-0.1, -0.05) is 56.1 Å². The lowest BCUT2D eigenvalue weighted by atomic mass is 10.2. The fourth-order valence-corrected chi connectivity index (χ4v) is 1.30. The summed E-state index contributed by atoms with van der Waals surface area (Å²) < 4.78 is 0. The highest BCUT2D eigenvalue weighted by molar-refractivity contribution is 5.10. The van der Waals surface area contributed by atoms with Crippen molar-refractivity contribution in [1.82, 2.24) is 0 Å². The monoisotopic (exact) mass is 248 g/mol. The second-order valence-electron chi connectivity index (χ2n) is 4.08. The minimum absolute atomic E-state index is 0.507. The summed E-state index contributed by atoms with van der Waals surface area (Å²) in [5, 5.41) is 18.8. The van der Waals surface area contributed by atoms with E-state index in [1.165, 1.54) is 0 Å². The van der Waals surface area contributed by atoms with Gasteiger partial charge < -0.3 is 10.2 Å². The molecular formula is C16H24O2. The van der Waals surface area contributed by atoms with Crippen LogP contribution in [0.25, 0.3) is 0 Å². The molecular weight excluding hydrogens is 224 g/mol. The Bertz CT molecular complexity index is 336. The maximum absolute atomic E-state index is 9.49. The molecule has 0 heterocycles. The summed E-state index contributed by atoms with van der Waals surface area (Å²) in [5.74, 6) is 11.4. The van der Waals surface area contributed by atoms with E-state index in [0.29, 0.717) is 19.3 Å². The van der Waals surface area contributed by atoms with Crippen molar-refractivity contribution < 1.29 is 10.2 Å². The topological polar surface area (TPSA) is 40.5 Å². The third-order valence-corrected chi connectivity index (χ3v) is 2.24. The standard InChI is InChI=1S/C16H24O2/c1-3-5-8-12-16(18)14-10-7-6-9-13-15(17)11-4-2/h5,8,15-18H,3-4,6-7,11-12H2,1-2H3/b8-5-/t15-,16-/m0/s1. The quantitative estimate of drug-likeness (QED) is 0.431. The number of unbranched alkanes of at least 4 members (excludes halogenated alkanes) is 1. The zero-order valence-electron chi connectivity index (χ0n) is 11.4. The lowest BCUT2D eigenvalue weighted by Gasteiger charge is -1.97. The maximum atomic E-state index is 9.49. The van der Waals surface area contributed by atoms with Gasteiger partial charge in [0.2, 0.25) is 0 Å². The number of aliphatic hydroxyl groups is 2. The van der Waals surface area contributed by atoms with Crippen molar-refractivity contribution in [3.8, 4) is 23.7 Å². The van der Waals surface area contributed by atoms with E-state index in [2.05, 4.69) is 30.6 Å². The fraction of sp³-hybridized carbons (Fsp3) is 0.625. The summed E-state index contributed by atoms with van der Waals surface area (Å²) in [6.45, 7) is 4.07. The molecule has 2 N–H and O–H groups in total. The minimum Gasteiger partial charge on any atom is -0.380 e. The average Bonchev–Trinajstić information content (AvgIpc) is 2.34. The second-order valence-corrected chi connectivity index (χ2v) is 4.08. The Morgan fingerprint density at radius 2 is 1.56 bits per heavy atom. The highest BCUT2D eigenvalue weighted by Gasteiger charge is 1.94. The molecule has 2 heteroatoms. The normalized spacial score (nSPS) is 13.3. The van der Waals surface area contributed by atoms with Crippen LogP contribution in [0.2, 0.25) is 0 Å². The van der Waals surface area contributed by atoms with Crippen LogP contribution in [-0.4, -0.2) is 22.4 Å². The van der Waals surface area contributed by atoms with E-state index < -0.39 is 12.2 Å². The first kappa shape index (κ1) is 16.8. The first-order valence-corrected chi connectivity index (χ1v) is 6.68. The van der Waals surface area contributed by atoms with Crippen LogP contribution in [0.5, 0.6) is 0 Å². The second kappa shape index (κ2) is 12.2. The first-order chi connectivity index (χ1) is 8.70. The highest BCUT2D eigenvalue weighted by Crippen LogP contribution is 1.95. The summed E-state index contributed by atoms with van der Waals surface area (Å²) in [7, 11) is 0. The summed E-state index contributed by atoms with van der Waals surface area (Å²) in [5.41, 5.74) is 0. The zero-order valence-corrected chi connectivity index (χ0v) is 11.4. The number of aliphatic hydroxyl groups excluding tert-OH is 2. The first-order valence-electron chi connectivity index (χ1n) is 6.68. The maximum Gasteiger partial charge on any atom is 0.118 e. The van der Waals surface area contributed by atoms with Crippen molar-refractivity contribution in [2.75, 3.05) is 0 Å². The molecule has 0 aromatic rings. The van der Waals surface area contributed by atoms with Crippen LogP contribution in [-0.2, 0) is 0 Å². The molecule has 0 unspecified atom stereocenters. The molecule has 2 nitrogen and oxygen atoms in total. The van der Waals surface area contributed by atoms with Crippen LogP contribution in [0.4, 0.5) is 0 Å². The van der Waals surface area contributed by atoms with Crippen molar-refractivity contribution >= 4 is 0 Å². The molecule has 0 bridgehead atoms. The van der Waals surface area contributed by atoms with Crippen LogP contribution < -0.4 is 0 Å². The number of rotatable bonds is 6. The average molecular weight is 248 g/mol. The van der Waals surface area contributed by atoms with Gasteiger partial charge in [0, 0.05) is 19.3 Å². The summed E-state index contributed by atoms with van der Waals surface area (Å²) in [4.78, 5) is 0. The van der Waals surface area contributed by atoms with E-state index in [1.54, 1.807) is 0 Å². The molecule has 0 aromatic carbocycles. The van der Waals surface area contributed by atoms with Crippen molar-refractivity contribution in [3.05, 3.63) is 12.2 Å². The molecule has 0 spiro atoms. The lowest BCUT2D eigenvalue weighted by Crippen LogP contribution is -2.01. The summed E-state index contributed by atoms with van der Waals surface area (Å²) in [6, 6.07) is 0. The van der Waals surface area contributed by atoms with Gasteiger partial charge in [0.1, 0.15) is 12.2 Å². The van der Waals surface area contributed by atoms with E-state index in [1.807, 2.05) is 19.1 Å². The number of hydrogen-bond acceptors (Lipinski definition) is 2. The smallest absolute Gasteiger partial charge is 0.118 e. The Morgan fingerprint density at radius 1 is 0.944 bits per heavy atom. The Hall–Kier alpha value is -1.22. The fourth-order valence-electron chi connectivity index (χ4n) is 1.30. The predicted octanol–water partition coefficient (Wildman–Crippen LogP) is 2.65. The largest absolute Gasteiger partial charge is 0.380 e. The molecule has 0 rings (SSSR count). The molecule has 0 radical (unpaired) electrons. The van der Waals surface area contributed by atoms with Gasteiger partial charge in [-0.15, -0.1) is 0 Å². The predicted molar refractivity (Wildman–Crippen MR) is 75.8 cm³/mol. The van der Waals surface area contributed by atoms with Crippen molar-refractivity contribution in [2.45, 2.75) is 64.6 Å². The van der Waals surface area contributed by atoms with Gasteiger partial charge in [-0.3, -0.25) is 0 Å². The van der Waals surface area contributed by atoms with E-state index in [0.717, 1.165) is 19.3 Å². The van der Waals surface area contributed by atoms with E-state index in [9.17, 15) is 10.2 Å². The molecule has 18 heavy (non-hydrogen) atoms. The van der Waals surface area contributed by atoms with Crippen molar-refractivity contribution in [3.63, 3.8) is 0 Å². The van der Waals surface area contributed by atoms with Crippen LogP contribution in [0.3, 0.4) is 0 Å². The third-order valence-electron chi connectivity index (χ3n) is 2.24. The van der Waals surface area contributed by atoms with Crippen LogP contribution in [0.1, 0.15) is 52.4 Å². The van der Waals surface area contributed by atoms with Crippen LogP contribution >= 0.6 is 0 Å². The molecule has 0 amide bonds. The summed E-state index contributed by atoms with van der Waals surface area (Å²) >= 11 is 0. The van der Waals surface area contributed by atoms with Gasteiger partial charge in [0.25, 0.3) is 0 Å². The Morgan fingerprint density at radius 3 is 2.11 bits per heavy atom. The Labute approximate surface area is 111 Å². The third kappa shape index (κ3) is 11.3. The molecule has 0 aliphatic heterocycles. The SMILES string of the molecule is CC/C=C\C[C@H](O)C#CCCC#C[C@@H](O)CCC. The van der Waals surface area contributed by atoms with Crippen LogP contribution in [0.15, 0.2) is 12.2 Å². The molecule has 0 aromatic heterocycles.